The summed E-state index contributed by atoms with van der Waals surface area (Å²) < 4.78 is 43.2. The average Bonchev–Trinajstić information content (AvgIpc) is 3.08. The lowest BCUT2D eigenvalue weighted by Crippen LogP contribution is -2.65. The molecule has 1 N–H and O–H groups in total. The Balaban J connectivity index is 1.74. The van der Waals surface area contributed by atoms with Gasteiger partial charge in [0.05, 0.1) is 25.2 Å². The number of likely N-dealkylation sites (tertiary alicyclic amines) is 1. The van der Waals surface area contributed by atoms with E-state index in [0.29, 0.717) is 26.0 Å². The van der Waals surface area contributed by atoms with E-state index in [4.69, 9.17) is 4.74 Å². The first-order chi connectivity index (χ1) is 13.1. The summed E-state index contributed by atoms with van der Waals surface area (Å²) >= 11 is 0. The average molecular weight is 406 g/mol. The number of carbonyl (C=O) groups excluding carboxylic acids is 2. The van der Waals surface area contributed by atoms with Crippen molar-refractivity contribution in [3.63, 3.8) is 0 Å². The first-order valence-electron chi connectivity index (χ1n) is 9.99. The van der Waals surface area contributed by atoms with Gasteiger partial charge in [0.25, 0.3) is 0 Å². The van der Waals surface area contributed by atoms with Crippen molar-refractivity contribution in [3.8, 4) is 0 Å². The third-order valence-corrected chi connectivity index (χ3v) is 6.64. The van der Waals surface area contributed by atoms with Gasteiger partial charge in [-0.2, -0.15) is 13.2 Å². The highest BCUT2D eigenvalue weighted by molar-refractivity contribution is 5.79. The number of rotatable bonds is 4. The maximum absolute atomic E-state index is 12.7. The van der Waals surface area contributed by atoms with Crippen LogP contribution in [-0.4, -0.2) is 77.9 Å². The van der Waals surface area contributed by atoms with Crippen LogP contribution in [0.4, 0.5) is 13.2 Å². The minimum atomic E-state index is -4.38. The van der Waals surface area contributed by atoms with E-state index in [9.17, 15) is 27.9 Å². The molecule has 160 valence electrons. The summed E-state index contributed by atoms with van der Waals surface area (Å²) in [5.41, 5.74) is -1.71. The predicted octanol–water partition coefficient (Wildman–Crippen LogP) is 1.96. The highest BCUT2D eigenvalue weighted by atomic mass is 19.4. The number of hydrogen-bond donors (Lipinski definition) is 1. The molecule has 2 saturated heterocycles. The van der Waals surface area contributed by atoms with Crippen molar-refractivity contribution < 1.29 is 32.6 Å². The van der Waals surface area contributed by atoms with Crippen molar-refractivity contribution in [2.75, 3.05) is 39.4 Å². The second-order valence-corrected chi connectivity index (χ2v) is 8.62. The van der Waals surface area contributed by atoms with Crippen molar-refractivity contribution in [2.45, 2.75) is 57.2 Å². The molecule has 1 spiro atoms. The van der Waals surface area contributed by atoms with Gasteiger partial charge in [-0.3, -0.25) is 9.59 Å². The van der Waals surface area contributed by atoms with E-state index in [1.807, 2.05) is 0 Å². The van der Waals surface area contributed by atoms with Crippen molar-refractivity contribution in [1.82, 2.24) is 9.80 Å². The molecule has 3 rings (SSSR count). The summed E-state index contributed by atoms with van der Waals surface area (Å²) in [7, 11) is 0. The smallest absolute Gasteiger partial charge is 0.387 e. The van der Waals surface area contributed by atoms with Crippen LogP contribution in [0.25, 0.3) is 0 Å². The number of morpholine rings is 1. The standard InChI is InChI=1S/C19H29F3N2O4/c1-14(10-19(20,21)22)16(26)24-7-6-18(27,17(12-24)4-2-3-5-17)13-23-8-9-28-11-15(23)25/h14,27H,2-13H2,1H3. The van der Waals surface area contributed by atoms with Gasteiger partial charge in [0.2, 0.25) is 11.8 Å². The molecule has 1 saturated carbocycles. The summed E-state index contributed by atoms with van der Waals surface area (Å²) in [6.07, 6.45) is -2.03. The summed E-state index contributed by atoms with van der Waals surface area (Å²) in [6.45, 7) is 2.81. The normalized spacial score (nSPS) is 29.4. The van der Waals surface area contributed by atoms with Crippen LogP contribution in [0.15, 0.2) is 0 Å². The Bertz CT molecular complexity index is 606. The lowest BCUT2D eigenvalue weighted by Gasteiger charge is -2.54. The summed E-state index contributed by atoms with van der Waals surface area (Å²) in [5.74, 6) is -1.80. The number of hydrogen-bond acceptors (Lipinski definition) is 4. The Morgan fingerprint density at radius 1 is 1.25 bits per heavy atom. The molecule has 2 unspecified atom stereocenters. The van der Waals surface area contributed by atoms with Gasteiger partial charge >= 0.3 is 6.18 Å². The maximum atomic E-state index is 12.7. The molecule has 6 nitrogen and oxygen atoms in total. The minimum Gasteiger partial charge on any atom is -0.387 e. The molecule has 2 heterocycles. The van der Waals surface area contributed by atoms with Crippen LogP contribution in [0, 0.1) is 11.3 Å². The van der Waals surface area contributed by atoms with Gasteiger partial charge in [-0.15, -0.1) is 0 Å². The van der Waals surface area contributed by atoms with Crippen LogP contribution in [0.2, 0.25) is 0 Å². The van der Waals surface area contributed by atoms with Crippen molar-refractivity contribution >= 4 is 11.8 Å². The SMILES string of the molecule is CC(CC(F)(F)F)C(=O)N1CCC(O)(CN2CCOCC2=O)C2(CCCC2)C1. The van der Waals surface area contributed by atoms with Crippen LogP contribution < -0.4 is 0 Å². The predicted molar refractivity (Wildman–Crippen MR) is 94.3 cm³/mol. The quantitative estimate of drug-likeness (QED) is 0.775. The largest absolute Gasteiger partial charge is 0.389 e. The van der Waals surface area contributed by atoms with Gasteiger partial charge in [0.1, 0.15) is 6.61 Å². The van der Waals surface area contributed by atoms with Crippen LogP contribution >= 0.6 is 0 Å². The molecule has 3 fully saturated rings. The molecule has 1 aliphatic carbocycles. The van der Waals surface area contributed by atoms with Gasteiger partial charge in [-0.1, -0.05) is 19.8 Å². The van der Waals surface area contributed by atoms with E-state index in [0.717, 1.165) is 12.8 Å². The van der Waals surface area contributed by atoms with Gasteiger partial charge in [0.15, 0.2) is 0 Å². The Morgan fingerprint density at radius 3 is 2.54 bits per heavy atom. The summed E-state index contributed by atoms with van der Waals surface area (Å²) in [5, 5.41) is 11.6. The number of halogens is 3. The molecule has 2 amide bonds. The first-order valence-corrected chi connectivity index (χ1v) is 9.99. The number of amides is 2. The van der Waals surface area contributed by atoms with Crippen LogP contribution in [0.3, 0.4) is 0 Å². The zero-order chi connectivity index (χ0) is 20.6. The van der Waals surface area contributed by atoms with Crippen LogP contribution in [0.5, 0.6) is 0 Å². The number of β-amino-alcohol motifs (C(OH)–C–C–N with tert-alkyl or cyclic N) is 1. The zero-order valence-corrected chi connectivity index (χ0v) is 16.3. The number of nitrogens with zero attached hydrogens (tertiary/aromatic N) is 2. The van der Waals surface area contributed by atoms with E-state index in [1.54, 1.807) is 4.90 Å². The molecule has 2 atom stereocenters. The Hall–Kier alpha value is -1.35. The molecule has 0 aromatic carbocycles. The minimum absolute atomic E-state index is 0.00263. The first kappa shape index (κ1) is 21.4. The Kier molecular flexibility index (Phi) is 5.96. The van der Waals surface area contributed by atoms with Crippen molar-refractivity contribution in [3.05, 3.63) is 0 Å². The fourth-order valence-electron chi connectivity index (χ4n) is 5.07. The topological polar surface area (TPSA) is 70.1 Å². The van der Waals surface area contributed by atoms with E-state index < -0.39 is 35.4 Å². The van der Waals surface area contributed by atoms with Gasteiger partial charge in [-0.05, 0) is 19.3 Å². The molecule has 3 aliphatic rings. The second kappa shape index (κ2) is 7.82. The van der Waals surface area contributed by atoms with Crippen LogP contribution in [0.1, 0.15) is 45.4 Å². The van der Waals surface area contributed by atoms with Gasteiger partial charge in [0, 0.05) is 31.0 Å². The fourth-order valence-corrected chi connectivity index (χ4v) is 5.07. The zero-order valence-electron chi connectivity index (χ0n) is 16.3. The molecular weight excluding hydrogens is 377 g/mol. The molecule has 0 aromatic heterocycles. The second-order valence-electron chi connectivity index (χ2n) is 8.62. The van der Waals surface area contributed by atoms with E-state index in [-0.39, 0.29) is 38.6 Å². The summed E-state index contributed by atoms with van der Waals surface area (Å²) in [6, 6.07) is 0. The Morgan fingerprint density at radius 2 is 1.93 bits per heavy atom. The molecule has 28 heavy (non-hydrogen) atoms. The van der Waals surface area contributed by atoms with Crippen LogP contribution in [-0.2, 0) is 14.3 Å². The highest BCUT2D eigenvalue weighted by Gasteiger charge is 2.56. The van der Waals surface area contributed by atoms with E-state index >= 15 is 0 Å². The van der Waals surface area contributed by atoms with E-state index in [1.165, 1.54) is 11.8 Å². The molecule has 0 radical (unpaired) electrons. The maximum Gasteiger partial charge on any atom is 0.389 e. The van der Waals surface area contributed by atoms with Gasteiger partial charge in [-0.25, -0.2) is 0 Å². The lowest BCUT2D eigenvalue weighted by molar-refractivity contribution is -0.178. The highest BCUT2D eigenvalue weighted by Crippen LogP contribution is 2.51. The number of aliphatic hydroxyl groups is 1. The lowest BCUT2D eigenvalue weighted by atomic mass is 9.65. The monoisotopic (exact) mass is 406 g/mol. The third kappa shape index (κ3) is 4.30. The van der Waals surface area contributed by atoms with Gasteiger partial charge < -0.3 is 19.6 Å². The molecular formula is C19H29F3N2O4. The number of piperidine rings is 1. The Labute approximate surface area is 163 Å². The molecule has 2 aliphatic heterocycles. The molecule has 0 aromatic rings. The number of alkyl halides is 3. The van der Waals surface area contributed by atoms with Crippen molar-refractivity contribution in [2.24, 2.45) is 11.3 Å². The number of carbonyl (C=O) groups is 2. The fraction of sp³-hybridized carbons (Fsp3) is 0.895. The summed E-state index contributed by atoms with van der Waals surface area (Å²) in [4.78, 5) is 27.9. The molecule has 9 heteroatoms. The molecule has 0 bridgehead atoms. The number of ether oxygens (including phenoxy) is 1. The van der Waals surface area contributed by atoms with Crippen molar-refractivity contribution in [1.29, 1.82) is 0 Å². The third-order valence-electron chi connectivity index (χ3n) is 6.64. The van der Waals surface area contributed by atoms with E-state index in [2.05, 4.69) is 0 Å².